The van der Waals surface area contributed by atoms with Crippen molar-refractivity contribution in [3.8, 4) is 0 Å². The largest absolute Gasteiger partial charge is 0.380 e. The Balaban J connectivity index is 1.87. The van der Waals surface area contributed by atoms with Crippen LogP contribution in [0.25, 0.3) is 0 Å². The lowest BCUT2D eigenvalue weighted by atomic mass is 10.2. The Morgan fingerprint density at radius 3 is 2.88 bits per heavy atom. The molecule has 2 atom stereocenters. The van der Waals surface area contributed by atoms with Crippen molar-refractivity contribution in [2.75, 3.05) is 7.11 Å². The molecule has 4 heteroatoms. The smallest absolute Gasteiger partial charge is 0.107 e. The molecule has 0 spiro atoms. The van der Waals surface area contributed by atoms with Gasteiger partial charge in [-0.05, 0) is 33.1 Å². The van der Waals surface area contributed by atoms with Gasteiger partial charge in [0.15, 0.2) is 0 Å². The molecule has 2 rings (SSSR count). The van der Waals surface area contributed by atoms with Crippen LogP contribution in [0, 0.1) is 13.8 Å². The summed E-state index contributed by atoms with van der Waals surface area (Å²) in [5.41, 5.74) is 1.16. The summed E-state index contributed by atoms with van der Waals surface area (Å²) in [6.45, 7) is 5.08. The monoisotopic (exact) mass is 240 g/mol. The number of nitrogens with one attached hydrogen (secondary N) is 1. The highest BCUT2D eigenvalue weighted by molar-refractivity contribution is 7.11. The number of hydrogen-bond donors (Lipinski definition) is 1. The van der Waals surface area contributed by atoms with Gasteiger partial charge < -0.3 is 10.1 Å². The highest BCUT2D eigenvalue weighted by Gasteiger charge is 2.26. The van der Waals surface area contributed by atoms with Gasteiger partial charge in [0.2, 0.25) is 0 Å². The fourth-order valence-electron chi connectivity index (χ4n) is 2.27. The lowest BCUT2D eigenvalue weighted by molar-refractivity contribution is 0.0847. The first-order chi connectivity index (χ1) is 7.70. The molecule has 0 aliphatic heterocycles. The van der Waals surface area contributed by atoms with Gasteiger partial charge in [-0.15, -0.1) is 11.3 Å². The summed E-state index contributed by atoms with van der Waals surface area (Å²) in [4.78, 5) is 5.86. The van der Waals surface area contributed by atoms with Gasteiger partial charge in [0, 0.05) is 24.6 Å². The van der Waals surface area contributed by atoms with Crippen molar-refractivity contribution >= 4 is 11.3 Å². The molecule has 1 heterocycles. The zero-order valence-corrected chi connectivity index (χ0v) is 11.1. The summed E-state index contributed by atoms with van der Waals surface area (Å²) < 4.78 is 5.46. The van der Waals surface area contributed by atoms with Crippen molar-refractivity contribution in [3.05, 3.63) is 15.6 Å². The maximum absolute atomic E-state index is 5.46. The minimum Gasteiger partial charge on any atom is -0.380 e. The molecule has 1 aliphatic rings. The molecule has 0 amide bonds. The SMILES string of the molecule is COC1CCCC1NCc1nc(C)c(C)s1. The standard InChI is InChI=1S/C12H20N2OS/c1-8-9(2)16-12(14-8)7-13-10-5-4-6-11(10)15-3/h10-11,13H,4-7H2,1-3H3. The maximum Gasteiger partial charge on any atom is 0.107 e. The van der Waals surface area contributed by atoms with Crippen LogP contribution in [0.5, 0.6) is 0 Å². The minimum atomic E-state index is 0.391. The average molecular weight is 240 g/mol. The van der Waals surface area contributed by atoms with Crippen molar-refractivity contribution < 1.29 is 4.74 Å². The summed E-state index contributed by atoms with van der Waals surface area (Å²) in [6.07, 6.45) is 4.07. The number of rotatable bonds is 4. The number of hydrogen-bond acceptors (Lipinski definition) is 4. The molecule has 1 saturated carbocycles. The van der Waals surface area contributed by atoms with E-state index >= 15 is 0 Å². The number of thiazole rings is 1. The van der Waals surface area contributed by atoms with Gasteiger partial charge in [0.1, 0.15) is 5.01 Å². The van der Waals surface area contributed by atoms with Crippen LogP contribution >= 0.6 is 11.3 Å². The highest BCUT2D eigenvalue weighted by Crippen LogP contribution is 2.22. The van der Waals surface area contributed by atoms with Crippen LogP contribution in [0.1, 0.15) is 34.8 Å². The molecule has 0 radical (unpaired) electrons. The van der Waals surface area contributed by atoms with Gasteiger partial charge in [-0.2, -0.15) is 0 Å². The highest BCUT2D eigenvalue weighted by atomic mass is 32.1. The van der Waals surface area contributed by atoms with E-state index in [0.717, 1.165) is 12.2 Å². The Hall–Kier alpha value is -0.450. The van der Waals surface area contributed by atoms with Gasteiger partial charge in [-0.1, -0.05) is 0 Å². The summed E-state index contributed by atoms with van der Waals surface area (Å²) >= 11 is 1.79. The van der Waals surface area contributed by atoms with Gasteiger partial charge in [0.05, 0.1) is 11.8 Å². The Kier molecular flexibility index (Phi) is 3.95. The summed E-state index contributed by atoms with van der Waals surface area (Å²) in [7, 11) is 1.81. The van der Waals surface area contributed by atoms with E-state index in [-0.39, 0.29) is 0 Å². The minimum absolute atomic E-state index is 0.391. The van der Waals surface area contributed by atoms with Crippen molar-refractivity contribution in [1.82, 2.24) is 10.3 Å². The number of nitrogens with zero attached hydrogens (tertiary/aromatic N) is 1. The fourth-order valence-corrected chi connectivity index (χ4v) is 3.16. The Labute approximate surface area is 101 Å². The second-order valence-corrected chi connectivity index (χ2v) is 5.73. The number of aryl methyl sites for hydroxylation is 2. The Bertz CT molecular complexity index is 331. The Morgan fingerprint density at radius 2 is 2.25 bits per heavy atom. The van der Waals surface area contributed by atoms with Crippen LogP contribution in [0.2, 0.25) is 0 Å². The van der Waals surface area contributed by atoms with Gasteiger partial charge in [-0.3, -0.25) is 0 Å². The molecule has 16 heavy (non-hydrogen) atoms. The van der Waals surface area contributed by atoms with E-state index in [0.29, 0.717) is 12.1 Å². The van der Waals surface area contributed by atoms with Crippen LogP contribution in [-0.2, 0) is 11.3 Å². The molecular formula is C12H20N2OS. The summed E-state index contributed by atoms with van der Waals surface area (Å²) in [5.74, 6) is 0. The summed E-state index contributed by atoms with van der Waals surface area (Å²) in [6, 6.07) is 0.509. The first-order valence-corrected chi connectivity index (χ1v) is 6.71. The lowest BCUT2D eigenvalue weighted by Crippen LogP contribution is -2.36. The molecule has 1 aromatic rings. The van der Waals surface area contributed by atoms with Gasteiger partial charge >= 0.3 is 0 Å². The Morgan fingerprint density at radius 1 is 1.44 bits per heavy atom. The molecule has 1 fully saturated rings. The van der Waals surface area contributed by atoms with E-state index in [1.54, 1.807) is 11.3 Å². The topological polar surface area (TPSA) is 34.1 Å². The third-order valence-corrected chi connectivity index (χ3v) is 4.42. The second-order valence-electron chi connectivity index (χ2n) is 4.44. The molecular weight excluding hydrogens is 220 g/mol. The zero-order chi connectivity index (χ0) is 11.5. The number of ether oxygens (including phenoxy) is 1. The van der Waals surface area contributed by atoms with Gasteiger partial charge in [0.25, 0.3) is 0 Å². The van der Waals surface area contributed by atoms with Crippen LogP contribution in [0.3, 0.4) is 0 Å². The quantitative estimate of drug-likeness (QED) is 0.877. The maximum atomic E-state index is 5.46. The van der Waals surface area contributed by atoms with E-state index < -0.39 is 0 Å². The zero-order valence-electron chi connectivity index (χ0n) is 10.2. The lowest BCUT2D eigenvalue weighted by Gasteiger charge is -2.18. The third kappa shape index (κ3) is 2.62. The van der Waals surface area contributed by atoms with Crippen molar-refractivity contribution in [3.63, 3.8) is 0 Å². The van der Waals surface area contributed by atoms with E-state index in [9.17, 15) is 0 Å². The molecule has 0 bridgehead atoms. The van der Waals surface area contributed by atoms with Crippen LogP contribution in [-0.4, -0.2) is 24.2 Å². The second kappa shape index (κ2) is 5.25. The number of aromatic nitrogens is 1. The van der Waals surface area contributed by atoms with Crippen LogP contribution < -0.4 is 5.32 Å². The predicted octanol–water partition coefficient (Wildman–Crippen LogP) is 2.42. The van der Waals surface area contributed by atoms with E-state index in [1.165, 1.54) is 29.1 Å². The molecule has 90 valence electrons. The van der Waals surface area contributed by atoms with E-state index in [2.05, 4.69) is 24.1 Å². The van der Waals surface area contributed by atoms with E-state index in [4.69, 9.17) is 4.74 Å². The normalized spacial score (nSPS) is 25.2. The molecule has 1 aliphatic carbocycles. The van der Waals surface area contributed by atoms with E-state index in [1.807, 2.05) is 7.11 Å². The molecule has 0 saturated heterocycles. The molecule has 2 unspecified atom stereocenters. The molecule has 0 aromatic carbocycles. The van der Waals surface area contributed by atoms with Crippen molar-refractivity contribution in [2.24, 2.45) is 0 Å². The van der Waals surface area contributed by atoms with Crippen molar-refractivity contribution in [1.29, 1.82) is 0 Å². The fraction of sp³-hybridized carbons (Fsp3) is 0.750. The van der Waals surface area contributed by atoms with Crippen LogP contribution in [0.4, 0.5) is 0 Å². The first-order valence-electron chi connectivity index (χ1n) is 5.90. The van der Waals surface area contributed by atoms with Crippen LogP contribution in [0.15, 0.2) is 0 Å². The average Bonchev–Trinajstić information content (AvgIpc) is 2.83. The first kappa shape index (κ1) is 12.0. The molecule has 1 aromatic heterocycles. The number of methoxy groups -OCH3 is 1. The molecule has 1 N–H and O–H groups in total. The third-order valence-electron chi connectivity index (χ3n) is 3.34. The summed E-state index contributed by atoms with van der Waals surface area (Å²) in [5, 5.41) is 4.75. The van der Waals surface area contributed by atoms with Gasteiger partial charge in [-0.25, -0.2) is 4.98 Å². The predicted molar refractivity (Wildman–Crippen MR) is 66.9 cm³/mol. The van der Waals surface area contributed by atoms with Crippen molar-refractivity contribution in [2.45, 2.75) is 51.8 Å². The molecule has 3 nitrogen and oxygen atoms in total.